The van der Waals surface area contributed by atoms with Crippen LogP contribution in [0.15, 0.2) is 35.2 Å². The molecule has 1 unspecified atom stereocenters. The lowest BCUT2D eigenvalue weighted by Crippen LogP contribution is -2.49. The lowest BCUT2D eigenvalue weighted by molar-refractivity contribution is 0.0578. The number of carbonyl (C=O) groups excluding carboxylic acids is 1. The summed E-state index contributed by atoms with van der Waals surface area (Å²) in [5.41, 5.74) is 4.15. The Morgan fingerprint density at radius 1 is 1.25 bits per heavy atom. The molecule has 5 nitrogen and oxygen atoms in total. The topological polar surface area (TPSA) is 44.3 Å². The Labute approximate surface area is 145 Å². The van der Waals surface area contributed by atoms with E-state index < -0.39 is 0 Å². The monoisotopic (exact) mass is 342 g/mol. The van der Waals surface area contributed by atoms with E-state index in [1.54, 1.807) is 11.3 Å². The minimum absolute atomic E-state index is 0.106. The van der Waals surface area contributed by atoms with Gasteiger partial charge in [-0.15, -0.1) is 0 Å². The van der Waals surface area contributed by atoms with E-state index in [0.717, 1.165) is 37.2 Å². The first-order valence-corrected chi connectivity index (χ1v) is 9.27. The number of aromatic amines is 1. The maximum atomic E-state index is 12.8. The second-order valence-electron chi connectivity index (χ2n) is 6.47. The summed E-state index contributed by atoms with van der Waals surface area (Å²) in [5.74, 6) is 0.106. The Bertz CT molecular complexity index is 840. The van der Waals surface area contributed by atoms with Crippen molar-refractivity contribution in [3.8, 4) is 0 Å². The van der Waals surface area contributed by atoms with Gasteiger partial charge in [0.05, 0.1) is 11.0 Å². The number of H-pyrrole nitrogens is 1. The molecule has 0 saturated carbocycles. The molecular formula is C18H22N4OS. The molecule has 0 radical (unpaired) electrons. The van der Waals surface area contributed by atoms with Crippen molar-refractivity contribution < 1.29 is 4.79 Å². The van der Waals surface area contributed by atoms with Gasteiger partial charge in [-0.3, -0.25) is 9.69 Å². The van der Waals surface area contributed by atoms with Crippen LogP contribution in [0.25, 0.3) is 11.0 Å². The van der Waals surface area contributed by atoms with Gasteiger partial charge in [-0.05, 0) is 41.4 Å². The minimum Gasteiger partial charge on any atom is -0.349 e. The largest absolute Gasteiger partial charge is 0.349 e. The average molecular weight is 342 g/mol. The highest BCUT2D eigenvalue weighted by atomic mass is 32.1. The van der Waals surface area contributed by atoms with Crippen LogP contribution in [-0.4, -0.2) is 51.4 Å². The number of hydrogen-bond donors (Lipinski definition) is 1. The summed E-state index contributed by atoms with van der Waals surface area (Å²) in [6, 6.07) is 6.57. The van der Waals surface area contributed by atoms with E-state index in [1.165, 1.54) is 5.56 Å². The number of thiophene rings is 1. The van der Waals surface area contributed by atoms with E-state index in [9.17, 15) is 4.79 Å². The Hall–Kier alpha value is -2.05. The molecular weight excluding hydrogens is 320 g/mol. The summed E-state index contributed by atoms with van der Waals surface area (Å²) >= 11 is 1.74. The molecule has 1 aliphatic rings. The van der Waals surface area contributed by atoms with Crippen molar-refractivity contribution in [2.45, 2.75) is 13.0 Å². The highest BCUT2D eigenvalue weighted by Crippen LogP contribution is 2.24. The number of fused-ring (bicyclic) bond motifs is 1. The zero-order valence-corrected chi connectivity index (χ0v) is 14.8. The number of carbonyl (C=O) groups is 1. The van der Waals surface area contributed by atoms with E-state index in [1.807, 2.05) is 34.8 Å². The molecule has 0 aliphatic carbocycles. The Kier molecular flexibility index (Phi) is 3.94. The molecule has 4 heterocycles. The molecule has 1 aliphatic heterocycles. The molecule has 0 bridgehead atoms. The van der Waals surface area contributed by atoms with Gasteiger partial charge in [-0.1, -0.05) is 0 Å². The fourth-order valence-electron chi connectivity index (χ4n) is 3.47. The first-order valence-electron chi connectivity index (χ1n) is 8.33. The van der Waals surface area contributed by atoms with Crippen molar-refractivity contribution in [1.29, 1.82) is 0 Å². The normalized spacial score (nSPS) is 17.5. The molecule has 0 aromatic carbocycles. The number of rotatable bonds is 3. The number of nitrogens with one attached hydrogen (secondary N) is 1. The van der Waals surface area contributed by atoms with E-state index in [0.29, 0.717) is 11.7 Å². The number of amides is 1. The van der Waals surface area contributed by atoms with E-state index in [-0.39, 0.29) is 5.91 Å². The summed E-state index contributed by atoms with van der Waals surface area (Å²) in [4.78, 5) is 20.4. The molecule has 3 aromatic rings. The van der Waals surface area contributed by atoms with Gasteiger partial charge in [0, 0.05) is 45.5 Å². The number of nitrogens with zero attached hydrogens (tertiary/aromatic N) is 3. The summed E-state index contributed by atoms with van der Waals surface area (Å²) in [7, 11) is 2.00. The number of aryl methyl sites for hydroxylation is 1. The van der Waals surface area contributed by atoms with Crippen LogP contribution in [-0.2, 0) is 7.05 Å². The second-order valence-corrected chi connectivity index (χ2v) is 7.25. The number of aromatic nitrogens is 2. The molecule has 4 rings (SSSR count). The lowest BCUT2D eigenvalue weighted by atomic mass is 10.1. The first kappa shape index (κ1) is 15.5. The SMILES string of the molecule is CC(c1ccsc1)N1CCN(C(=O)c2cc3c(ccn3C)[nH]2)CC1. The lowest BCUT2D eigenvalue weighted by Gasteiger charge is -2.37. The predicted octanol–water partition coefficient (Wildman–Crippen LogP) is 3.09. The molecule has 1 amide bonds. The van der Waals surface area contributed by atoms with E-state index in [4.69, 9.17) is 0 Å². The third-order valence-electron chi connectivity index (χ3n) is 5.08. The summed E-state index contributed by atoms with van der Waals surface area (Å²) in [6.07, 6.45) is 2.00. The van der Waals surface area contributed by atoms with E-state index in [2.05, 4.69) is 33.6 Å². The summed E-state index contributed by atoms with van der Waals surface area (Å²) in [6.45, 7) is 5.65. The van der Waals surface area contributed by atoms with Gasteiger partial charge in [-0.25, -0.2) is 0 Å². The smallest absolute Gasteiger partial charge is 0.270 e. The number of hydrogen-bond acceptors (Lipinski definition) is 3. The van der Waals surface area contributed by atoms with Gasteiger partial charge in [0.25, 0.3) is 5.91 Å². The molecule has 126 valence electrons. The summed E-state index contributed by atoms with van der Waals surface area (Å²) in [5, 5.41) is 4.34. The van der Waals surface area contributed by atoms with Crippen molar-refractivity contribution in [3.05, 3.63) is 46.4 Å². The van der Waals surface area contributed by atoms with Crippen LogP contribution in [0, 0.1) is 0 Å². The zero-order valence-electron chi connectivity index (χ0n) is 14.0. The van der Waals surface area contributed by atoms with Crippen molar-refractivity contribution >= 4 is 28.3 Å². The fraction of sp³-hybridized carbons (Fsp3) is 0.389. The average Bonchev–Trinajstić information content (AvgIpc) is 3.33. The second kappa shape index (κ2) is 6.11. The standard InChI is InChI=1S/C18H22N4OS/c1-13(14-4-10-24-12-14)21-6-8-22(9-7-21)18(23)16-11-17-15(19-16)3-5-20(17)2/h3-5,10-13,19H,6-9H2,1-2H3. The molecule has 6 heteroatoms. The van der Waals surface area contributed by atoms with Gasteiger partial charge >= 0.3 is 0 Å². The van der Waals surface area contributed by atoms with Crippen molar-refractivity contribution in [2.24, 2.45) is 7.05 Å². The van der Waals surface area contributed by atoms with Crippen LogP contribution < -0.4 is 0 Å². The van der Waals surface area contributed by atoms with E-state index >= 15 is 0 Å². The van der Waals surface area contributed by atoms with Crippen LogP contribution >= 0.6 is 11.3 Å². The van der Waals surface area contributed by atoms with Crippen LogP contribution in [0.4, 0.5) is 0 Å². The third kappa shape index (κ3) is 2.65. The molecule has 1 N–H and O–H groups in total. The van der Waals surface area contributed by atoms with Gasteiger partial charge < -0.3 is 14.5 Å². The maximum Gasteiger partial charge on any atom is 0.270 e. The highest BCUT2D eigenvalue weighted by molar-refractivity contribution is 7.07. The Morgan fingerprint density at radius 3 is 2.71 bits per heavy atom. The number of piperazine rings is 1. The molecule has 0 spiro atoms. The Morgan fingerprint density at radius 2 is 2.04 bits per heavy atom. The van der Waals surface area contributed by atoms with Gasteiger partial charge in [0.15, 0.2) is 0 Å². The van der Waals surface area contributed by atoms with Crippen LogP contribution in [0.1, 0.15) is 29.0 Å². The van der Waals surface area contributed by atoms with Crippen LogP contribution in [0.2, 0.25) is 0 Å². The zero-order chi connectivity index (χ0) is 16.7. The molecule has 1 fully saturated rings. The first-order chi connectivity index (χ1) is 11.6. The minimum atomic E-state index is 0.106. The predicted molar refractivity (Wildman–Crippen MR) is 97.5 cm³/mol. The van der Waals surface area contributed by atoms with Crippen LogP contribution in [0.5, 0.6) is 0 Å². The molecule has 3 aromatic heterocycles. The summed E-state index contributed by atoms with van der Waals surface area (Å²) < 4.78 is 2.03. The van der Waals surface area contributed by atoms with Gasteiger partial charge in [-0.2, -0.15) is 11.3 Å². The maximum absolute atomic E-state index is 12.8. The molecule has 24 heavy (non-hydrogen) atoms. The fourth-order valence-corrected chi connectivity index (χ4v) is 4.21. The quantitative estimate of drug-likeness (QED) is 0.795. The third-order valence-corrected chi connectivity index (χ3v) is 5.78. The van der Waals surface area contributed by atoms with Crippen molar-refractivity contribution in [1.82, 2.24) is 19.4 Å². The Balaban J connectivity index is 1.42. The van der Waals surface area contributed by atoms with Crippen LogP contribution in [0.3, 0.4) is 0 Å². The molecule has 1 atom stereocenters. The van der Waals surface area contributed by atoms with Gasteiger partial charge in [0.2, 0.25) is 0 Å². The van der Waals surface area contributed by atoms with Crippen molar-refractivity contribution in [2.75, 3.05) is 26.2 Å². The van der Waals surface area contributed by atoms with Crippen molar-refractivity contribution in [3.63, 3.8) is 0 Å². The molecule has 1 saturated heterocycles. The van der Waals surface area contributed by atoms with Gasteiger partial charge in [0.1, 0.15) is 5.69 Å². The highest BCUT2D eigenvalue weighted by Gasteiger charge is 2.26.